The molecule has 1 saturated carbocycles. The number of hydrogen-bond donors (Lipinski definition) is 0. The number of hydrogen-bond acceptors (Lipinski definition) is 3. The summed E-state index contributed by atoms with van der Waals surface area (Å²) in [4.78, 5) is 22.0. The number of rotatable bonds is 4. The molecule has 0 aromatic heterocycles. The summed E-state index contributed by atoms with van der Waals surface area (Å²) in [6, 6.07) is 0. The zero-order valence-electron chi connectivity index (χ0n) is 11.5. The Balaban J connectivity index is 0.000000366. The standard InChI is InChI=1S/C8H12O3.C6H14/c1-11-8(10)6-4-2-3-5-7(6)9;1-3-5-6-4-2/h6H,2-5H2,1H3;3-6H2,1-2H3. The lowest BCUT2D eigenvalue weighted by Gasteiger charge is -2.17. The number of carbonyl (C=O) groups excluding carboxylic acids is 2. The molecule has 3 heteroatoms. The van der Waals surface area contributed by atoms with Crippen molar-refractivity contribution in [3.05, 3.63) is 0 Å². The fourth-order valence-corrected chi connectivity index (χ4v) is 1.87. The quantitative estimate of drug-likeness (QED) is 0.430. The molecule has 0 N–H and O–H groups in total. The van der Waals surface area contributed by atoms with Gasteiger partial charge in [0.1, 0.15) is 11.7 Å². The van der Waals surface area contributed by atoms with E-state index in [1.54, 1.807) is 0 Å². The molecule has 100 valence electrons. The van der Waals surface area contributed by atoms with Gasteiger partial charge in [0, 0.05) is 6.42 Å². The fraction of sp³-hybridized carbons (Fsp3) is 0.857. The Hall–Kier alpha value is -0.860. The van der Waals surface area contributed by atoms with E-state index in [4.69, 9.17) is 0 Å². The Labute approximate surface area is 105 Å². The molecule has 17 heavy (non-hydrogen) atoms. The zero-order chi connectivity index (χ0) is 13.1. The van der Waals surface area contributed by atoms with Gasteiger partial charge < -0.3 is 4.74 Å². The SMILES string of the molecule is CCCCCC.COC(=O)C1CCCCC1=O. The van der Waals surface area contributed by atoms with E-state index in [2.05, 4.69) is 18.6 Å². The summed E-state index contributed by atoms with van der Waals surface area (Å²) < 4.78 is 4.50. The molecule has 1 aliphatic carbocycles. The van der Waals surface area contributed by atoms with E-state index in [-0.39, 0.29) is 11.8 Å². The summed E-state index contributed by atoms with van der Waals surface area (Å²) >= 11 is 0. The lowest BCUT2D eigenvalue weighted by molar-refractivity contribution is -0.150. The monoisotopic (exact) mass is 242 g/mol. The molecule has 0 heterocycles. The van der Waals surface area contributed by atoms with Crippen LogP contribution in [0.15, 0.2) is 0 Å². The van der Waals surface area contributed by atoms with Crippen LogP contribution in [0.3, 0.4) is 0 Å². The normalized spacial score (nSPS) is 19.2. The maximum atomic E-state index is 11.1. The predicted molar refractivity (Wildman–Crippen MR) is 68.8 cm³/mol. The first-order chi connectivity index (χ1) is 8.17. The van der Waals surface area contributed by atoms with Gasteiger partial charge in [-0.2, -0.15) is 0 Å². The number of ketones is 1. The number of unbranched alkanes of at least 4 members (excludes halogenated alkanes) is 3. The third-order valence-electron chi connectivity index (χ3n) is 3.00. The van der Waals surface area contributed by atoms with Crippen LogP contribution in [-0.4, -0.2) is 18.9 Å². The van der Waals surface area contributed by atoms with E-state index in [9.17, 15) is 9.59 Å². The third kappa shape index (κ3) is 7.14. The maximum absolute atomic E-state index is 11.1. The van der Waals surface area contributed by atoms with Gasteiger partial charge in [-0.15, -0.1) is 0 Å². The Kier molecular flexibility index (Phi) is 9.78. The van der Waals surface area contributed by atoms with Crippen LogP contribution < -0.4 is 0 Å². The molecule has 0 saturated heterocycles. The number of Topliss-reactive ketones (excluding diaryl/α,β-unsaturated/α-hetero) is 1. The summed E-state index contributed by atoms with van der Waals surface area (Å²) in [6.45, 7) is 4.46. The van der Waals surface area contributed by atoms with E-state index < -0.39 is 5.92 Å². The Bertz CT molecular complexity index is 212. The van der Waals surface area contributed by atoms with Crippen molar-refractivity contribution in [3.63, 3.8) is 0 Å². The van der Waals surface area contributed by atoms with Crippen LogP contribution in [0.4, 0.5) is 0 Å². The Morgan fingerprint density at radius 2 is 1.82 bits per heavy atom. The van der Waals surface area contributed by atoms with Crippen molar-refractivity contribution in [2.24, 2.45) is 5.92 Å². The second-order valence-electron chi connectivity index (χ2n) is 4.49. The van der Waals surface area contributed by atoms with Crippen LogP contribution in [0.2, 0.25) is 0 Å². The molecule has 3 nitrogen and oxygen atoms in total. The van der Waals surface area contributed by atoms with Gasteiger partial charge in [0.15, 0.2) is 0 Å². The summed E-state index contributed by atoms with van der Waals surface area (Å²) in [5.74, 6) is -0.786. The highest BCUT2D eigenvalue weighted by Gasteiger charge is 2.29. The van der Waals surface area contributed by atoms with Gasteiger partial charge in [-0.05, 0) is 12.8 Å². The molecule has 1 aliphatic rings. The van der Waals surface area contributed by atoms with Crippen LogP contribution in [0, 0.1) is 5.92 Å². The van der Waals surface area contributed by atoms with E-state index >= 15 is 0 Å². The number of esters is 1. The van der Waals surface area contributed by atoms with Crippen LogP contribution in [0.5, 0.6) is 0 Å². The van der Waals surface area contributed by atoms with Gasteiger partial charge in [-0.25, -0.2) is 0 Å². The molecule has 1 atom stereocenters. The summed E-state index contributed by atoms with van der Waals surface area (Å²) in [7, 11) is 1.32. The number of ether oxygens (including phenoxy) is 1. The smallest absolute Gasteiger partial charge is 0.316 e. The Morgan fingerprint density at radius 3 is 2.24 bits per heavy atom. The molecule has 0 aromatic carbocycles. The molecule has 0 aliphatic heterocycles. The highest BCUT2D eigenvalue weighted by Crippen LogP contribution is 2.21. The fourth-order valence-electron chi connectivity index (χ4n) is 1.87. The first kappa shape index (κ1) is 16.1. The van der Waals surface area contributed by atoms with Gasteiger partial charge in [0.05, 0.1) is 7.11 Å². The maximum Gasteiger partial charge on any atom is 0.316 e. The summed E-state index contributed by atoms with van der Waals surface area (Å²) in [5.41, 5.74) is 0. The number of carbonyl (C=O) groups is 2. The van der Waals surface area contributed by atoms with Crippen molar-refractivity contribution >= 4 is 11.8 Å². The van der Waals surface area contributed by atoms with Crippen LogP contribution in [0.25, 0.3) is 0 Å². The minimum atomic E-state index is -0.464. The molecule has 0 aromatic rings. The molecule has 1 fully saturated rings. The first-order valence-corrected chi connectivity index (χ1v) is 6.77. The van der Waals surface area contributed by atoms with Crippen molar-refractivity contribution in [2.45, 2.75) is 65.2 Å². The minimum Gasteiger partial charge on any atom is -0.468 e. The van der Waals surface area contributed by atoms with E-state index in [1.807, 2.05) is 0 Å². The molecule has 1 unspecified atom stereocenters. The second-order valence-corrected chi connectivity index (χ2v) is 4.49. The van der Waals surface area contributed by atoms with Crippen molar-refractivity contribution in [1.29, 1.82) is 0 Å². The molecule has 0 amide bonds. The highest BCUT2D eigenvalue weighted by atomic mass is 16.5. The molecule has 1 rings (SSSR count). The third-order valence-corrected chi connectivity index (χ3v) is 3.00. The van der Waals surface area contributed by atoms with Crippen LogP contribution in [-0.2, 0) is 14.3 Å². The first-order valence-electron chi connectivity index (χ1n) is 6.77. The summed E-state index contributed by atoms with van der Waals surface area (Å²) in [6.07, 6.45) is 8.64. The van der Waals surface area contributed by atoms with Crippen LogP contribution in [0.1, 0.15) is 65.2 Å². The van der Waals surface area contributed by atoms with Crippen molar-refractivity contribution in [2.75, 3.05) is 7.11 Å². The van der Waals surface area contributed by atoms with E-state index in [0.717, 1.165) is 12.8 Å². The minimum absolute atomic E-state index is 0.0445. The van der Waals surface area contributed by atoms with Crippen molar-refractivity contribution < 1.29 is 14.3 Å². The van der Waals surface area contributed by atoms with E-state index in [0.29, 0.717) is 12.8 Å². The van der Waals surface area contributed by atoms with Crippen molar-refractivity contribution in [1.82, 2.24) is 0 Å². The van der Waals surface area contributed by atoms with Gasteiger partial charge in [0.2, 0.25) is 0 Å². The molecule has 0 bridgehead atoms. The predicted octanol–water partition coefficient (Wildman–Crippen LogP) is 3.51. The van der Waals surface area contributed by atoms with Gasteiger partial charge in [0.25, 0.3) is 0 Å². The largest absolute Gasteiger partial charge is 0.468 e. The summed E-state index contributed by atoms with van der Waals surface area (Å²) in [5, 5.41) is 0. The lowest BCUT2D eigenvalue weighted by Crippen LogP contribution is -2.27. The zero-order valence-corrected chi connectivity index (χ0v) is 11.5. The van der Waals surface area contributed by atoms with Crippen LogP contribution >= 0.6 is 0 Å². The molecular formula is C14H26O3. The topological polar surface area (TPSA) is 43.4 Å². The molecule has 0 radical (unpaired) electrons. The van der Waals surface area contributed by atoms with Crippen molar-refractivity contribution in [3.8, 4) is 0 Å². The molecule has 0 spiro atoms. The Morgan fingerprint density at radius 1 is 1.24 bits per heavy atom. The van der Waals surface area contributed by atoms with Gasteiger partial charge in [-0.3, -0.25) is 9.59 Å². The number of methoxy groups -OCH3 is 1. The average molecular weight is 242 g/mol. The van der Waals surface area contributed by atoms with Gasteiger partial charge >= 0.3 is 5.97 Å². The van der Waals surface area contributed by atoms with Gasteiger partial charge in [-0.1, -0.05) is 46.0 Å². The van der Waals surface area contributed by atoms with E-state index in [1.165, 1.54) is 32.8 Å². The molecular weight excluding hydrogens is 216 g/mol. The average Bonchev–Trinajstić information content (AvgIpc) is 2.37. The highest BCUT2D eigenvalue weighted by molar-refractivity contribution is 5.99. The lowest BCUT2D eigenvalue weighted by atomic mass is 9.88. The second kappa shape index (κ2) is 10.3.